The highest BCUT2D eigenvalue weighted by molar-refractivity contribution is 8.03. The summed E-state index contributed by atoms with van der Waals surface area (Å²) in [4.78, 5) is 25.1. The van der Waals surface area contributed by atoms with E-state index in [1.165, 1.54) is 24.4 Å². The van der Waals surface area contributed by atoms with E-state index in [-0.39, 0.29) is 0 Å². The maximum atomic E-state index is 12.8. The topological polar surface area (TPSA) is 79.2 Å². The molecule has 0 saturated heterocycles. The summed E-state index contributed by atoms with van der Waals surface area (Å²) in [5.41, 5.74) is 2.18. The third kappa shape index (κ3) is 4.81. The lowest BCUT2D eigenvalue weighted by atomic mass is 9.78. The molecule has 148 valence electrons. The van der Waals surface area contributed by atoms with Gasteiger partial charge in [-0.05, 0) is 29.7 Å². The van der Waals surface area contributed by atoms with Crippen LogP contribution >= 0.6 is 23.4 Å². The molecule has 1 amide bonds. The van der Waals surface area contributed by atoms with E-state index in [0.29, 0.717) is 26.9 Å². The molecule has 3 rings (SSSR count). The second-order valence-electron chi connectivity index (χ2n) is 6.46. The van der Waals surface area contributed by atoms with Gasteiger partial charge in [-0.1, -0.05) is 54.1 Å². The summed E-state index contributed by atoms with van der Waals surface area (Å²) in [7, 11) is 1.23. The van der Waals surface area contributed by atoms with Crippen LogP contribution in [0, 0.1) is 17.2 Å². The number of amides is 1. The molecule has 2 aromatic rings. The number of nitrogens with one attached hydrogen (secondary N) is 1. The number of esters is 1. The zero-order valence-electron chi connectivity index (χ0n) is 15.7. The fourth-order valence-corrected chi connectivity index (χ4v) is 4.43. The molecule has 0 unspecified atom stereocenters. The molecule has 1 heterocycles. The molecular formula is C22H19ClN2O3S. The minimum Gasteiger partial charge on any atom is -0.468 e. The van der Waals surface area contributed by atoms with Crippen molar-refractivity contribution in [2.24, 2.45) is 5.92 Å². The molecule has 29 heavy (non-hydrogen) atoms. The first-order valence-corrected chi connectivity index (χ1v) is 10.4. The second kappa shape index (κ2) is 9.64. The predicted molar refractivity (Wildman–Crippen MR) is 113 cm³/mol. The van der Waals surface area contributed by atoms with Crippen molar-refractivity contribution in [2.45, 2.75) is 12.3 Å². The Labute approximate surface area is 178 Å². The highest BCUT2D eigenvalue weighted by Crippen LogP contribution is 2.40. The summed E-state index contributed by atoms with van der Waals surface area (Å²) in [6.07, 6.45) is 0.787. The lowest BCUT2D eigenvalue weighted by molar-refractivity contribution is -0.150. The summed E-state index contributed by atoms with van der Waals surface area (Å²) in [6.45, 7) is 0. The lowest BCUT2D eigenvalue weighted by Crippen LogP contribution is -2.44. The van der Waals surface area contributed by atoms with Crippen molar-refractivity contribution < 1.29 is 14.3 Å². The third-order valence-corrected chi connectivity index (χ3v) is 5.96. The number of thioether (sulfide) groups is 1. The summed E-state index contributed by atoms with van der Waals surface area (Å²) in [5, 5.41) is 13.6. The largest absolute Gasteiger partial charge is 0.468 e. The number of carbonyl (C=O) groups excluding carboxylic acids is 2. The maximum absolute atomic E-state index is 12.8. The van der Waals surface area contributed by atoms with Crippen molar-refractivity contribution in [1.82, 2.24) is 5.32 Å². The van der Waals surface area contributed by atoms with Crippen molar-refractivity contribution >= 4 is 35.2 Å². The van der Waals surface area contributed by atoms with Gasteiger partial charge in [-0.2, -0.15) is 5.26 Å². The zero-order chi connectivity index (χ0) is 20.8. The van der Waals surface area contributed by atoms with Gasteiger partial charge in [0.2, 0.25) is 5.91 Å². The van der Waals surface area contributed by atoms with Crippen LogP contribution < -0.4 is 5.32 Å². The molecule has 0 radical (unpaired) electrons. The Morgan fingerprint density at radius 1 is 1.21 bits per heavy atom. The fraction of sp³-hybridized carbons (Fsp3) is 0.227. The van der Waals surface area contributed by atoms with Crippen LogP contribution in [0.15, 0.2) is 65.2 Å². The first-order chi connectivity index (χ1) is 14.0. The van der Waals surface area contributed by atoms with Gasteiger partial charge in [-0.25, -0.2) is 0 Å². The van der Waals surface area contributed by atoms with Gasteiger partial charge in [0.05, 0.1) is 23.8 Å². The number of rotatable bonds is 6. The van der Waals surface area contributed by atoms with Gasteiger partial charge in [0, 0.05) is 16.7 Å². The van der Waals surface area contributed by atoms with E-state index in [0.717, 1.165) is 6.42 Å². The summed E-state index contributed by atoms with van der Waals surface area (Å²) < 4.78 is 4.84. The quantitative estimate of drug-likeness (QED) is 0.556. The van der Waals surface area contributed by atoms with Gasteiger partial charge >= 0.3 is 5.97 Å². The van der Waals surface area contributed by atoms with Crippen molar-refractivity contribution in [2.75, 3.05) is 12.9 Å². The molecule has 7 heteroatoms. The second-order valence-corrected chi connectivity index (χ2v) is 8.00. The number of methoxy groups -OCH3 is 1. The Morgan fingerprint density at radius 3 is 2.52 bits per heavy atom. The van der Waals surface area contributed by atoms with Crippen LogP contribution in [0.4, 0.5) is 0 Å². The molecule has 1 aliphatic heterocycles. The predicted octanol–water partition coefficient (Wildman–Crippen LogP) is 4.05. The van der Waals surface area contributed by atoms with Crippen LogP contribution in [-0.2, 0) is 20.7 Å². The molecule has 1 aliphatic rings. The molecular weight excluding hydrogens is 408 g/mol. The summed E-state index contributed by atoms with van der Waals surface area (Å²) >= 11 is 7.38. The van der Waals surface area contributed by atoms with Gasteiger partial charge in [0.25, 0.3) is 0 Å². The Hall–Kier alpha value is -2.75. The lowest BCUT2D eigenvalue weighted by Gasteiger charge is -2.31. The van der Waals surface area contributed by atoms with Crippen LogP contribution in [0.25, 0.3) is 0 Å². The molecule has 0 saturated carbocycles. The van der Waals surface area contributed by atoms with Gasteiger partial charge in [-0.15, -0.1) is 11.8 Å². The normalized spacial score (nSPS) is 18.7. The number of nitrogens with zero attached hydrogens (tertiary/aromatic N) is 1. The van der Waals surface area contributed by atoms with Gasteiger partial charge in [0.1, 0.15) is 5.92 Å². The van der Waals surface area contributed by atoms with Crippen LogP contribution in [-0.4, -0.2) is 24.7 Å². The van der Waals surface area contributed by atoms with Gasteiger partial charge in [-0.3, -0.25) is 9.59 Å². The van der Waals surface area contributed by atoms with Crippen LogP contribution in [0.3, 0.4) is 0 Å². The average molecular weight is 427 g/mol. The number of carbonyl (C=O) groups is 2. The van der Waals surface area contributed by atoms with Crippen LogP contribution in [0.1, 0.15) is 17.0 Å². The van der Waals surface area contributed by atoms with E-state index in [2.05, 4.69) is 11.4 Å². The molecule has 1 N–H and O–H groups in total. The average Bonchev–Trinajstić information content (AvgIpc) is 2.74. The minimum atomic E-state index is -1.13. The van der Waals surface area contributed by atoms with Crippen LogP contribution in [0.5, 0.6) is 0 Å². The number of ether oxygens (including phenoxy) is 1. The Bertz CT molecular complexity index is 968. The van der Waals surface area contributed by atoms with Gasteiger partial charge in [0.15, 0.2) is 0 Å². The maximum Gasteiger partial charge on any atom is 0.319 e. The molecule has 0 bridgehead atoms. The number of allylic oxidation sites excluding steroid dienone is 1. The highest BCUT2D eigenvalue weighted by Gasteiger charge is 2.44. The molecule has 5 nitrogen and oxygen atoms in total. The van der Waals surface area contributed by atoms with E-state index >= 15 is 0 Å². The standard InChI is InChI=1S/C22H19ClN2O3S/c1-28-22(27)19-18(15-7-9-16(23)10-8-15)17(13-24)21(25-20(19)26)29-12-11-14-5-3-2-4-6-14/h2-10,18-19H,11-12H2,1H3,(H,25,26)/t18-,19+/m0/s1. The van der Waals surface area contributed by atoms with E-state index in [4.69, 9.17) is 16.3 Å². The number of hydrogen-bond donors (Lipinski definition) is 1. The Balaban J connectivity index is 1.93. The monoisotopic (exact) mass is 426 g/mol. The van der Waals surface area contributed by atoms with Crippen molar-refractivity contribution in [1.29, 1.82) is 5.26 Å². The number of nitriles is 1. The number of hydrogen-bond acceptors (Lipinski definition) is 5. The van der Waals surface area contributed by atoms with E-state index in [1.54, 1.807) is 24.3 Å². The van der Waals surface area contributed by atoms with Gasteiger partial charge < -0.3 is 10.1 Å². The first-order valence-electron chi connectivity index (χ1n) is 9.00. The highest BCUT2D eigenvalue weighted by atomic mass is 35.5. The number of benzene rings is 2. The molecule has 2 atom stereocenters. The van der Waals surface area contributed by atoms with Crippen molar-refractivity contribution in [3.8, 4) is 6.07 Å². The molecule has 0 spiro atoms. The minimum absolute atomic E-state index is 0.348. The summed E-state index contributed by atoms with van der Waals surface area (Å²) in [6, 6.07) is 19.0. The Kier molecular flexibility index (Phi) is 6.97. The number of aryl methyl sites for hydroxylation is 1. The van der Waals surface area contributed by atoms with E-state index in [1.807, 2.05) is 30.3 Å². The van der Waals surface area contributed by atoms with Crippen molar-refractivity contribution in [3.05, 3.63) is 81.3 Å². The molecule has 2 aromatic carbocycles. The summed E-state index contributed by atoms with van der Waals surface area (Å²) in [5.74, 6) is -2.32. The Morgan fingerprint density at radius 2 is 1.90 bits per heavy atom. The van der Waals surface area contributed by atoms with Crippen LogP contribution in [0.2, 0.25) is 5.02 Å². The zero-order valence-corrected chi connectivity index (χ0v) is 17.3. The smallest absolute Gasteiger partial charge is 0.319 e. The molecule has 0 aromatic heterocycles. The molecule has 0 fully saturated rings. The van der Waals surface area contributed by atoms with E-state index in [9.17, 15) is 14.9 Å². The third-order valence-electron chi connectivity index (χ3n) is 4.69. The fourth-order valence-electron chi connectivity index (χ4n) is 3.27. The first kappa shape index (κ1) is 21.0. The molecule has 0 aliphatic carbocycles. The SMILES string of the molecule is COC(=O)[C@H]1C(=O)NC(SCCc2ccccc2)=C(C#N)[C@@H]1c1ccc(Cl)cc1. The van der Waals surface area contributed by atoms with Crippen molar-refractivity contribution in [3.63, 3.8) is 0 Å². The number of halogens is 1. The van der Waals surface area contributed by atoms with E-state index < -0.39 is 23.7 Å².